The molecule has 0 spiro atoms. The minimum atomic E-state index is -3.84. The fraction of sp³-hybridized carbons (Fsp3) is 0.316. The molecular formula is C19H21N3O5S. The molecule has 0 fully saturated rings. The molecule has 0 saturated carbocycles. The van der Waals surface area contributed by atoms with Gasteiger partial charge in [0.1, 0.15) is 0 Å². The van der Waals surface area contributed by atoms with Gasteiger partial charge in [-0.05, 0) is 49.1 Å². The molecule has 0 unspecified atom stereocenters. The lowest BCUT2D eigenvalue weighted by atomic mass is 10.0. The van der Waals surface area contributed by atoms with E-state index < -0.39 is 20.5 Å². The van der Waals surface area contributed by atoms with E-state index in [2.05, 4.69) is 6.07 Å². The summed E-state index contributed by atoms with van der Waals surface area (Å²) < 4.78 is 23.4. The zero-order valence-electron chi connectivity index (χ0n) is 15.8. The Morgan fingerprint density at radius 2 is 1.93 bits per heavy atom. The Labute approximate surface area is 162 Å². The lowest BCUT2D eigenvalue weighted by Crippen LogP contribution is -2.49. The predicted octanol–water partition coefficient (Wildman–Crippen LogP) is 1.39. The number of carbonyl (C=O) groups is 1. The average Bonchev–Trinajstić information content (AvgIpc) is 2.65. The summed E-state index contributed by atoms with van der Waals surface area (Å²) in [4.78, 5) is 24.3. The first kappa shape index (κ1) is 21.3. The van der Waals surface area contributed by atoms with Crippen molar-refractivity contribution in [2.75, 3.05) is 6.26 Å². The van der Waals surface area contributed by atoms with E-state index in [-0.39, 0.29) is 18.5 Å². The van der Waals surface area contributed by atoms with Gasteiger partial charge in [-0.2, -0.15) is 5.26 Å². The van der Waals surface area contributed by atoms with Crippen LogP contribution in [0.2, 0.25) is 0 Å². The maximum atomic E-state index is 12.4. The second-order valence-electron chi connectivity index (χ2n) is 6.78. The summed E-state index contributed by atoms with van der Waals surface area (Å²) in [5, 5.41) is 17.9. The van der Waals surface area contributed by atoms with Gasteiger partial charge in [0.15, 0.2) is 14.6 Å². The summed E-state index contributed by atoms with van der Waals surface area (Å²) >= 11 is 0. The third kappa shape index (κ3) is 4.13. The van der Waals surface area contributed by atoms with Crippen LogP contribution in [-0.4, -0.2) is 35.1 Å². The highest BCUT2D eigenvalue weighted by Gasteiger charge is 2.43. The van der Waals surface area contributed by atoms with Gasteiger partial charge in [-0.15, -0.1) is 0 Å². The lowest BCUT2D eigenvalue weighted by molar-refractivity contribution is -0.131. The Bertz CT molecular complexity index is 1120. The average molecular weight is 403 g/mol. The van der Waals surface area contributed by atoms with Gasteiger partial charge in [0.25, 0.3) is 11.5 Å². The van der Waals surface area contributed by atoms with Crippen LogP contribution in [0.1, 0.15) is 24.5 Å². The highest BCUT2D eigenvalue weighted by molar-refractivity contribution is 7.92. The van der Waals surface area contributed by atoms with Crippen molar-refractivity contribution < 1.29 is 18.4 Å². The number of pyridine rings is 1. The monoisotopic (exact) mass is 403 g/mol. The number of benzene rings is 1. The smallest absolute Gasteiger partial charge is 0.264 e. The van der Waals surface area contributed by atoms with E-state index in [0.717, 1.165) is 17.4 Å². The SMILES string of the molecule is Cc1cc(-c2ccn(CC[C@](C)(C(=O)NO)S(C)(=O)=O)c(=O)c2)ccc1C#N. The maximum absolute atomic E-state index is 12.4. The van der Waals surface area contributed by atoms with E-state index >= 15 is 0 Å². The number of rotatable bonds is 6. The summed E-state index contributed by atoms with van der Waals surface area (Å²) in [6.45, 7) is 2.98. The molecule has 1 heterocycles. The zero-order chi connectivity index (χ0) is 21.1. The van der Waals surface area contributed by atoms with Crippen LogP contribution in [0.5, 0.6) is 0 Å². The molecule has 28 heavy (non-hydrogen) atoms. The van der Waals surface area contributed by atoms with Gasteiger partial charge < -0.3 is 4.57 Å². The van der Waals surface area contributed by atoms with Gasteiger partial charge >= 0.3 is 0 Å². The number of carbonyl (C=O) groups excluding carboxylic acids is 1. The molecule has 0 radical (unpaired) electrons. The van der Waals surface area contributed by atoms with Crippen molar-refractivity contribution in [2.45, 2.75) is 31.6 Å². The molecule has 1 amide bonds. The van der Waals surface area contributed by atoms with Crippen molar-refractivity contribution in [1.29, 1.82) is 5.26 Å². The Kier molecular flexibility index (Phi) is 6.07. The van der Waals surface area contributed by atoms with Gasteiger partial charge in [-0.3, -0.25) is 14.8 Å². The second kappa shape index (κ2) is 7.96. The number of hydrogen-bond donors (Lipinski definition) is 2. The number of amides is 1. The van der Waals surface area contributed by atoms with Crippen LogP contribution in [0, 0.1) is 18.3 Å². The highest BCUT2D eigenvalue weighted by atomic mass is 32.2. The minimum Gasteiger partial charge on any atom is -0.315 e. The molecule has 0 saturated heterocycles. The fourth-order valence-corrected chi connectivity index (χ4v) is 3.60. The van der Waals surface area contributed by atoms with E-state index in [1.165, 1.54) is 29.2 Å². The van der Waals surface area contributed by atoms with Gasteiger partial charge in [-0.1, -0.05) is 12.1 Å². The van der Waals surface area contributed by atoms with E-state index in [1.54, 1.807) is 18.2 Å². The van der Waals surface area contributed by atoms with E-state index in [0.29, 0.717) is 11.1 Å². The van der Waals surface area contributed by atoms with Gasteiger partial charge in [0.2, 0.25) is 0 Å². The van der Waals surface area contributed by atoms with Gasteiger partial charge in [-0.25, -0.2) is 13.9 Å². The molecule has 1 aromatic carbocycles. The standard InChI is InChI=1S/C19H21N3O5S/c1-13-10-14(4-5-16(13)12-20)15-6-8-22(17(23)11-15)9-7-19(2,18(24)21-25)28(3,26)27/h4-6,8,10-11,25H,7,9H2,1-3H3,(H,21,24)/t19-/m1/s1. The Balaban J connectivity index is 2.30. The summed E-state index contributed by atoms with van der Waals surface area (Å²) in [7, 11) is -3.84. The third-order valence-electron chi connectivity index (χ3n) is 4.91. The molecule has 0 bridgehead atoms. The fourth-order valence-electron chi connectivity index (χ4n) is 2.76. The molecule has 9 heteroatoms. The first-order valence-electron chi connectivity index (χ1n) is 8.39. The first-order chi connectivity index (χ1) is 13.0. The van der Waals surface area contributed by atoms with E-state index in [4.69, 9.17) is 10.5 Å². The molecule has 0 aliphatic carbocycles. The molecule has 1 atom stereocenters. The van der Waals surface area contributed by atoms with Crippen LogP contribution in [0.3, 0.4) is 0 Å². The van der Waals surface area contributed by atoms with Crippen LogP contribution in [0.4, 0.5) is 0 Å². The van der Waals surface area contributed by atoms with Crippen LogP contribution in [-0.2, 0) is 21.2 Å². The summed E-state index contributed by atoms with van der Waals surface area (Å²) in [6.07, 6.45) is 2.24. The van der Waals surface area contributed by atoms with Crippen molar-refractivity contribution in [3.8, 4) is 17.2 Å². The van der Waals surface area contributed by atoms with E-state index in [9.17, 15) is 18.0 Å². The summed E-state index contributed by atoms with van der Waals surface area (Å²) in [5.41, 5.74) is 3.81. The molecule has 148 valence electrons. The van der Waals surface area contributed by atoms with Crippen LogP contribution >= 0.6 is 0 Å². The Morgan fingerprint density at radius 3 is 2.43 bits per heavy atom. The molecule has 0 aliphatic rings. The molecule has 8 nitrogen and oxygen atoms in total. The Morgan fingerprint density at radius 1 is 1.29 bits per heavy atom. The number of hydroxylamine groups is 1. The summed E-state index contributed by atoms with van der Waals surface area (Å²) in [6, 6.07) is 10.4. The van der Waals surface area contributed by atoms with Gasteiger partial charge in [0, 0.05) is 25.1 Å². The number of aromatic nitrogens is 1. The molecule has 2 N–H and O–H groups in total. The summed E-state index contributed by atoms with van der Waals surface area (Å²) in [5.74, 6) is -1.05. The van der Waals surface area contributed by atoms with Gasteiger partial charge in [0.05, 0.1) is 11.6 Å². The largest absolute Gasteiger partial charge is 0.315 e. The maximum Gasteiger partial charge on any atom is 0.264 e. The highest BCUT2D eigenvalue weighted by Crippen LogP contribution is 2.23. The quantitative estimate of drug-likeness (QED) is 0.554. The Hall–Kier alpha value is -2.96. The van der Waals surface area contributed by atoms with Crippen LogP contribution in [0.25, 0.3) is 11.1 Å². The molecule has 1 aromatic heterocycles. The number of sulfone groups is 1. The topological polar surface area (TPSA) is 129 Å². The minimum absolute atomic E-state index is 0.0253. The molecular weight excluding hydrogens is 382 g/mol. The molecule has 0 aliphatic heterocycles. The van der Waals surface area contributed by atoms with Crippen molar-refractivity contribution in [1.82, 2.24) is 10.0 Å². The number of hydrogen-bond acceptors (Lipinski definition) is 6. The van der Waals surface area contributed by atoms with Crippen molar-refractivity contribution in [3.05, 3.63) is 58.0 Å². The zero-order valence-corrected chi connectivity index (χ0v) is 16.6. The first-order valence-corrected chi connectivity index (χ1v) is 10.3. The second-order valence-corrected chi connectivity index (χ2v) is 9.23. The molecule has 2 aromatic rings. The van der Waals surface area contributed by atoms with E-state index in [1.807, 2.05) is 13.0 Å². The number of nitriles is 1. The van der Waals surface area contributed by atoms with Crippen LogP contribution in [0.15, 0.2) is 41.3 Å². The van der Waals surface area contributed by atoms with Crippen LogP contribution < -0.4 is 11.0 Å². The lowest BCUT2D eigenvalue weighted by Gasteiger charge is -2.25. The van der Waals surface area contributed by atoms with Crippen molar-refractivity contribution in [2.24, 2.45) is 0 Å². The number of nitrogens with one attached hydrogen (secondary N) is 1. The normalized spacial score (nSPS) is 13.4. The molecule has 2 rings (SSSR count). The number of aryl methyl sites for hydroxylation is 2. The van der Waals surface area contributed by atoms with Crippen molar-refractivity contribution >= 4 is 15.7 Å². The third-order valence-corrected chi connectivity index (χ3v) is 6.93. The predicted molar refractivity (Wildman–Crippen MR) is 103 cm³/mol. The van der Waals surface area contributed by atoms with Crippen molar-refractivity contribution in [3.63, 3.8) is 0 Å². The number of nitrogens with zero attached hydrogens (tertiary/aromatic N) is 2.